The molecule has 6 nitrogen and oxygen atoms in total. The molecular formula is C16H23NO5S. The quantitative estimate of drug-likeness (QED) is 0.820. The first-order valence-electron chi connectivity index (χ1n) is 8.12. The summed E-state index contributed by atoms with van der Waals surface area (Å²) in [5, 5.41) is 0. The van der Waals surface area contributed by atoms with Gasteiger partial charge in [0.15, 0.2) is 11.5 Å². The van der Waals surface area contributed by atoms with Crippen LogP contribution in [-0.4, -0.2) is 51.7 Å². The molecule has 2 aliphatic heterocycles. The lowest BCUT2D eigenvalue weighted by molar-refractivity contribution is 0.0193. The second kappa shape index (κ2) is 7.07. The zero-order chi connectivity index (χ0) is 16.3. The van der Waals surface area contributed by atoms with E-state index < -0.39 is 10.0 Å². The number of hydrogen-bond acceptors (Lipinski definition) is 5. The summed E-state index contributed by atoms with van der Waals surface area (Å²) in [5.74, 6) is 1.09. The molecule has 0 N–H and O–H groups in total. The minimum atomic E-state index is -3.54. The first kappa shape index (κ1) is 16.5. The Morgan fingerprint density at radius 2 is 2.04 bits per heavy atom. The van der Waals surface area contributed by atoms with Crippen molar-refractivity contribution < 1.29 is 22.6 Å². The SMILES string of the molecule is CCCOC1CCCN(S(=O)(=O)c2ccc3c(c2)OCCO3)C1. The number of rotatable bonds is 5. The van der Waals surface area contributed by atoms with Crippen molar-refractivity contribution in [3.63, 3.8) is 0 Å². The minimum Gasteiger partial charge on any atom is -0.486 e. The van der Waals surface area contributed by atoms with Crippen LogP contribution >= 0.6 is 0 Å². The lowest BCUT2D eigenvalue weighted by Crippen LogP contribution is -2.43. The van der Waals surface area contributed by atoms with Crippen LogP contribution in [0.15, 0.2) is 23.1 Å². The third kappa shape index (κ3) is 3.62. The summed E-state index contributed by atoms with van der Waals surface area (Å²) in [6, 6.07) is 4.80. The number of sulfonamides is 1. The van der Waals surface area contributed by atoms with E-state index in [9.17, 15) is 8.42 Å². The van der Waals surface area contributed by atoms with Gasteiger partial charge in [-0.05, 0) is 31.4 Å². The van der Waals surface area contributed by atoms with Gasteiger partial charge < -0.3 is 14.2 Å². The van der Waals surface area contributed by atoms with Crippen molar-refractivity contribution in [2.75, 3.05) is 32.9 Å². The van der Waals surface area contributed by atoms with Gasteiger partial charge in [0, 0.05) is 25.8 Å². The lowest BCUT2D eigenvalue weighted by atomic mass is 10.1. The van der Waals surface area contributed by atoms with Crippen molar-refractivity contribution in [1.82, 2.24) is 4.31 Å². The average Bonchev–Trinajstić information content (AvgIpc) is 2.59. The second-order valence-corrected chi connectivity index (χ2v) is 7.74. The van der Waals surface area contributed by atoms with Crippen molar-refractivity contribution in [3.05, 3.63) is 18.2 Å². The van der Waals surface area contributed by atoms with Gasteiger partial charge in [0.1, 0.15) is 13.2 Å². The van der Waals surface area contributed by atoms with Gasteiger partial charge in [-0.1, -0.05) is 6.92 Å². The highest BCUT2D eigenvalue weighted by Crippen LogP contribution is 2.33. The van der Waals surface area contributed by atoms with Crippen molar-refractivity contribution in [2.24, 2.45) is 0 Å². The molecule has 0 saturated carbocycles. The summed E-state index contributed by atoms with van der Waals surface area (Å²) in [4.78, 5) is 0.248. The van der Waals surface area contributed by atoms with E-state index in [1.807, 2.05) is 6.92 Å². The van der Waals surface area contributed by atoms with E-state index in [0.717, 1.165) is 19.3 Å². The fraction of sp³-hybridized carbons (Fsp3) is 0.625. The number of piperidine rings is 1. The number of benzene rings is 1. The molecule has 2 heterocycles. The van der Waals surface area contributed by atoms with Crippen LogP contribution in [0.5, 0.6) is 11.5 Å². The van der Waals surface area contributed by atoms with E-state index in [1.165, 1.54) is 4.31 Å². The van der Waals surface area contributed by atoms with Gasteiger partial charge in [-0.15, -0.1) is 0 Å². The smallest absolute Gasteiger partial charge is 0.243 e. The van der Waals surface area contributed by atoms with Gasteiger partial charge in [-0.25, -0.2) is 8.42 Å². The molecule has 1 unspecified atom stereocenters. The second-order valence-electron chi connectivity index (χ2n) is 5.80. The summed E-state index contributed by atoms with van der Waals surface area (Å²) in [7, 11) is -3.54. The summed E-state index contributed by atoms with van der Waals surface area (Å²) in [6.45, 7) is 4.59. The first-order valence-corrected chi connectivity index (χ1v) is 9.56. The number of nitrogens with zero attached hydrogens (tertiary/aromatic N) is 1. The maximum atomic E-state index is 12.9. The number of fused-ring (bicyclic) bond motifs is 1. The highest BCUT2D eigenvalue weighted by atomic mass is 32.2. The van der Waals surface area contributed by atoms with Gasteiger partial charge in [-0.3, -0.25) is 0 Å². The number of hydrogen-bond donors (Lipinski definition) is 0. The molecule has 7 heteroatoms. The minimum absolute atomic E-state index is 0.0179. The normalized spacial score (nSPS) is 22.0. The maximum absolute atomic E-state index is 12.9. The zero-order valence-corrected chi connectivity index (χ0v) is 14.2. The Bertz CT molecular complexity index is 646. The van der Waals surface area contributed by atoms with Crippen LogP contribution < -0.4 is 9.47 Å². The molecule has 0 aliphatic carbocycles. The van der Waals surface area contributed by atoms with Crippen molar-refractivity contribution in [3.8, 4) is 11.5 Å². The van der Waals surface area contributed by atoms with E-state index in [0.29, 0.717) is 44.4 Å². The Kier molecular flexibility index (Phi) is 5.08. The molecular weight excluding hydrogens is 318 g/mol. The van der Waals surface area contributed by atoms with E-state index in [4.69, 9.17) is 14.2 Å². The molecule has 1 saturated heterocycles. The molecule has 2 aliphatic rings. The fourth-order valence-corrected chi connectivity index (χ4v) is 4.40. The molecule has 0 spiro atoms. The topological polar surface area (TPSA) is 65.1 Å². The highest BCUT2D eigenvalue weighted by molar-refractivity contribution is 7.89. The third-order valence-electron chi connectivity index (χ3n) is 4.05. The van der Waals surface area contributed by atoms with Crippen LogP contribution in [0.2, 0.25) is 0 Å². The average molecular weight is 341 g/mol. The molecule has 3 rings (SSSR count). The Morgan fingerprint density at radius 1 is 1.26 bits per heavy atom. The van der Waals surface area contributed by atoms with Crippen molar-refractivity contribution in [1.29, 1.82) is 0 Å². The first-order chi connectivity index (χ1) is 11.1. The zero-order valence-electron chi connectivity index (χ0n) is 13.4. The van der Waals surface area contributed by atoms with Gasteiger partial charge in [-0.2, -0.15) is 4.31 Å². The van der Waals surface area contributed by atoms with Crippen molar-refractivity contribution >= 4 is 10.0 Å². The molecule has 0 aromatic heterocycles. The Labute approximate surface area is 137 Å². The fourth-order valence-electron chi connectivity index (χ4n) is 2.88. The molecule has 0 bridgehead atoms. The summed E-state index contributed by atoms with van der Waals surface area (Å²) < 4.78 is 43.9. The predicted molar refractivity (Wildman–Crippen MR) is 85.5 cm³/mol. The van der Waals surface area contributed by atoms with E-state index >= 15 is 0 Å². The molecule has 0 radical (unpaired) electrons. The number of ether oxygens (including phenoxy) is 3. The standard InChI is InChI=1S/C16H23NO5S/c1-2-8-20-13-4-3-7-17(12-13)23(18,19)14-5-6-15-16(11-14)22-10-9-21-15/h5-6,11,13H,2-4,7-10,12H2,1H3. The monoisotopic (exact) mass is 341 g/mol. The van der Waals surface area contributed by atoms with E-state index in [2.05, 4.69) is 0 Å². The van der Waals surface area contributed by atoms with Gasteiger partial charge in [0.05, 0.1) is 11.0 Å². The largest absolute Gasteiger partial charge is 0.486 e. The van der Waals surface area contributed by atoms with Gasteiger partial charge in [0.25, 0.3) is 0 Å². The van der Waals surface area contributed by atoms with E-state index in [1.54, 1.807) is 18.2 Å². The molecule has 1 aromatic rings. The van der Waals surface area contributed by atoms with Crippen LogP contribution in [0.1, 0.15) is 26.2 Å². The lowest BCUT2D eigenvalue weighted by Gasteiger charge is -2.32. The maximum Gasteiger partial charge on any atom is 0.243 e. The van der Waals surface area contributed by atoms with Crippen LogP contribution in [0.4, 0.5) is 0 Å². The highest BCUT2D eigenvalue weighted by Gasteiger charge is 2.31. The molecule has 128 valence electrons. The molecule has 1 atom stereocenters. The predicted octanol–water partition coefficient (Wildman–Crippen LogP) is 2.04. The Morgan fingerprint density at radius 3 is 2.83 bits per heavy atom. The summed E-state index contributed by atoms with van der Waals surface area (Å²) in [5.41, 5.74) is 0. The third-order valence-corrected chi connectivity index (χ3v) is 5.91. The van der Waals surface area contributed by atoms with Crippen LogP contribution in [0.3, 0.4) is 0 Å². The van der Waals surface area contributed by atoms with E-state index in [-0.39, 0.29) is 11.0 Å². The Balaban J connectivity index is 1.78. The molecule has 23 heavy (non-hydrogen) atoms. The molecule has 0 amide bonds. The Hall–Kier alpha value is -1.31. The van der Waals surface area contributed by atoms with Gasteiger partial charge in [0.2, 0.25) is 10.0 Å². The summed E-state index contributed by atoms with van der Waals surface area (Å²) >= 11 is 0. The van der Waals surface area contributed by atoms with Crippen LogP contribution in [0, 0.1) is 0 Å². The molecule has 1 aromatic carbocycles. The van der Waals surface area contributed by atoms with Crippen LogP contribution in [0.25, 0.3) is 0 Å². The van der Waals surface area contributed by atoms with Gasteiger partial charge >= 0.3 is 0 Å². The van der Waals surface area contributed by atoms with Crippen LogP contribution in [-0.2, 0) is 14.8 Å². The molecule has 1 fully saturated rings. The summed E-state index contributed by atoms with van der Waals surface area (Å²) in [6.07, 6.45) is 2.65. The van der Waals surface area contributed by atoms with Crippen molar-refractivity contribution in [2.45, 2.75) is 37.2 Å².